The topological polar surface area (TPSA) is 0 Å². The molecule has 0 heterocycles. The van der Waals surface area contributed by atoms with Crippen LogP contribution in [0.1, 0.15) is 0 Å². The second kappa shape index (κ2) is 17.4. The van der Waals surface area contributed by atoms with E-state index >= 15 is 0 Å². The molecule has 0 aliphatic carbocycles. The minimum absolute atomic E-state index is 0. The van der Waals surface area contributed by atoms with Gasteiger partial charge in [0.1, 0.15) is 0 Å². The Hall–Kier alpha value is 2.64. The van der Waals surface area contributed by atoms with Gasteiger partial charge in [0.25, 0.3) is 0 Å². The van der Waals surface area contributed by atoms with Crippen LogP contribution >= 0.6 is 25.9 Å². The zero-order valence-electron chi connectivity index (χ0n) is 0.908. The van der Waals surface area contributed by atoms with Crippen molar-refractivity contribution in [2.75, 3.05) is 0 Å². The number of hydrogen-bond acceptors (Lipinski definition) is 0. The predicted molar refractivity (Wildman–Crippen MR) is 31.9 cm³/mol. The second-order valence-electron chi connectivity index (χ2n) is 0. The Morgan fingerprint density at radius 3 is 0.750 bits per heavy atom. The van der Waals surface area contributed by atoms with Gasteiger partial charge in [0.15, 0.2) is 0 Å². The molecule has 4 heavy (non-hydrogen) atoms. The molecule has 0 aromatic rings. The van der Waals surface area contributed by atoms with E-state index in [2.05, 4.69) is 0 Å². The van der Waals surface area contributed by atoms with Crippen LogP contribution < -0.4 is 0 Å². The zero-order chi connectivity index (χ0) is 0. The first-order valence-corrected chi connectivity index (χ1v) is 0. The normalized spacial score (nSPS) is 0. The van der Waals surface area contributed by atoms with Gasteiger partial charge < -0.3 is 0 Å². The Morgan fingerprint density at radius 1 is 0.750 bits per heavy atom. The van der Waals surface area contributed by atoms with E-state index in [1.807, 2.05) is 0 Å². The summed E-state index contributed by atoms with van der Waals surface area (Å²) in [6.45, 7) is 0. The first-order chi connectivity index (χ1) is 0. The number of hydrogen-bond donors (Lipinski definition) is 0. The third-order valence-corrected chi connectivity index (χ3v) is 0. The summed E-state index contributed by atoms with van der Waals surface area (Å²) in [7, 11) is 0. The summed E-state index contributed by atoms with van der Waals surface area (Å²) in [6.07, 6.45) is 0. The van der Waals surface area contributed by atoms with Crippen LogP contribution in [0.4, 0.5) is 0 Å². The van der Waals surface area contributed by atoms with Crippen LogP contribution in [0, 0.1) is 0 Å². The van der Waals surface area contributed by atoms with E-state index < -0.39 is 0 Å². The van der Waals surface area contributed by atoms with Crippen molar-refractivity contribution in [2.45, 2.75) is 0 Å². The van der Waals surface area contributed by atoms with Crippen molar-refractivity contribution in [1.29, 1.82) is 0 Å². The maximum atomic E-state index is 0. The molecule has 0 rings (SSSR count). The third-order valence-electron chi connectivity index (χ3n) is 0. The summed E-state index contributed by atoms with van der Waals surface area (Å²) < 4.78 is 0. The molecular weight excluding hydrogens is 114 g/mol. The molecule has 4 heteroatoms. The van der Waals surface area contributed by atoms with Gasteiger partial charge in [-0.1, -0.05) is 0 Å². The summed E-state index contributed by atoms with van der Waals surface area (Å²) in [5.41, 5.74) is 0. The van der Waals surface area contributed by atoms with Crippen molar-refractivity contribution in [2.24, 2.45) is 0 Å². The van der Waals surface area contributed by atoms with Gasteiger partial charge in [-0.15, -0.1) is 12.4 Å². The fourth-order valence-corrected chi connectivity index (χ4v) is 0. The van der Waals surface area contributed by atoms with E-state index in [1.54, 1.807) is 0 Å². The zero-order valence-corrected chi connectivity index (χ0v) is 2.72. The first kappa shape index (κ1) is 30.3. The van der Waals surface area contributed by atoms with Crippen molar-refractivity contribution in [3.63, 3.8) is 0 Å². The summed E-state index contributed by atoms with van der Waals surface area (Å²) in [5, 5.41) is 0. The Balaban J connectivity index is 0. The molecule has 0 bridgehead atoms. The van der Waals surface area contributed by atoms with Gasteiger partial charge in [0.05, 0.1) is 0 Å². The van der Waals surface area contributed by atoms with E-state index in [0.717, 1.165) is 0 Å². The molecule has 0 atom stereocenters. The standard InChI is InChI=1S/ClH.2Na.H2S.2H/h1H;;;1H2;;. The van der Waals surface area contributed by atoms with Crippen molar-refractivity contribution < 1.29 is 0 Å². The van der Waals surface area contributed by atoms with Gasteiger partial charge >= 0.3 is 59.1 Å². The van der Waals surface area contributed by atoms with Gasteiger partial charge in [-0.05, 0) is 0 Å². The van der Waals surface area contributed by atoms with E-state index in [0.29, 0.717) is 0 Å². The molecule has 0 aromatic heterocycles. The van der Waals surface area contributed by atoms with Crippen LogP contribution in [0.25, 0.3) is 0 Å². The average Bonchev–Trinajstić information content (AvgIpc) is 0. The first-order valence-electron chi connectivity index (χ1n) is 0. The molecule has 0 saturated carbocycles. The molecule has 0 nitrogen and oxygen atoms in total. The van der Waals surface area contributed by atoms with Crippen molar-refractivity contribution >= 4 is 85.0 Å². The molecule has 0 unspecified atom stereocenters. The third kappa shape index (κ3) is 8.82. The van der Waals surface area contributed by atoms with Gasteiger partial charge in [-0.25, -0.2) is 0 Å². The van der Waals surface area contributed by atoms with Crippen molar-refractivity contribution in [3.05, 3.63) is 0 Å². The number of rotatable bonds is 0. The van der Waals surface area contributed by atoms with Crippen molar-refractivity contribution in [3.8, 4) is 0 Å². The van der Waals surface area contributed by atoms with E-state index in [4.69, 9.17) is 0 Å². The summed E-state index contributed by atoms with van der Waals surface area (Å²) >= 11 is 0. The van der Waals surface area contributed by atoms with E-state index in [1.165, 1.54) is 0 Å². The molecule has 0 N–H and O–H groups in total. The molecule has 0 saturated heterocycles. The molecule has 0 amide bonds. The van der Waals surface area contributed by atoms with Crippen molar-refractivity contribution in [1.82, 2.24) is 0 Å². The molecule has 0 radical (unpaired) electrons. The van der Waals surface area contributed by atoms with Gasteiger partial charge in [0, 0.05) is 0 Å². The molecule has 0 fully saturated rings. The SMILES string of the molecule is Cl.S.[NaH].[NaH]. The monoisotopic (exact) mass is 118 g/mol. The molecular formula is H5ClNa2S. The molecule has 0 aliphatic heterocycles. The Morgan fingerprint density at radius 2 is 0.750 bits per heavy atom. The molecule has 0 aliphatic rings. The molecule has 20 valence electrons. The van der Waals surface area contributed by atoms with Gasteiger partial charge in [-0.2, -0.15) is 13.5 Å². The summed E-state index contributed by atoms with van der Waals surface area (Å²) in [4.78, 5) is 0. The quantitative estimate of drug-likeness (QED) is 0.367. The molecule has 0 aromatic carbocycles. The van der Waals surface area contributed by atoms with Crippen LogP contribution in [0.15, 0.2) is 0 Å². The van der Waals surface area contributed by atoms with E-state index in [9.17, 15) is 0 Å². The minimum atomic E-state index is 0. The number of halogens is 1. The van der Waals surface area contributed by atoms with Gasteiger partial charge in [0.2, 0.25) is 0 Å². The Labute approximate surface area is 83.5 Å². The van der Waals surface area contributed by atoms with Crippen LogP contribution in [0.2, 0.25) is 0 Å². The van der Waals surface area contributed by atoms with Crippen LogP contribution in [0.5, 0.6) is 0 Å². The molecule has 0 spiro atoms. The van der Waals surface area contributed by atoms with Crippen LogP contribution in [-0.4, -0.2) is 59.1 Å². The maximum absolute atomic E-state index is 0. The fourth-order valence-electron chi connectivity index (χ4n) is 0. The van der Waals surface area contributed by atoms with Gasteiger partial charge in [-0.3, -0.25) is 0 Å². The Kier molecular flexibility index (Phi) is 132. The predicted octanol–water partition coefficient (Wildman–Crippen LogP) is -0.762. The van der Waals surface area contributed by atoms with Crippen LogP contribution in [-0.2, 0) is 0 Å². The summed E-state index contributed by atoms with van der Waals surface area (Å²) in [5.74, 6) is 0. The summed E-state index contributed by atoms with van der Waals surface area (Å²) in [6, 6.07) is 0. The Bertz CT molecular complexity index is 6.00. The van der Waals surface area contributed by atoms with Crippen LogP contribution in [0.3, 0.4) is 0 Å². The van der Waals surface area contributed by atoms with E-state index in [-0.39, 0.29) is 85.0 Å². The average molecular weight is 119 g/mol. The fraction of sp³-hybridized carbons (Fsp3) is 0. The second-order valence-corrected chi connectivity index (χ2v) is 0.